The number of likely N-dealkylation sites (tertiary alicyclic amines) is 1. The summed E-state index contributed by atoms with van der Waals surface area (Å²) in [6.45, 7) is 3.68. The topological polar surface area (TPSA) is 64.7 Å². The van der Waals surface area contributed by atoms with E-state index >= 15 is 0 Å². The van der Waals surface area contributed by atoms with E-state index < -0.39 is 0 Å². The summed E-state index contributed by atoms with van der Waals surface area (Å²) in [5, 5.41) is 5.39. The van der Waals surface area contributed by atoms with Gasteiger partial charge < -0.3 is 20.4 Å². The molecule has 0 aromatic heterocycles. The monoisotopic (exact) mass is 350 g/mol. The number of hydrogen-bond acceptors (Lipinski definition) is 3. The number of nitrogens with zero attached hydrogens (tertiary/aromatic N) is 2. The third-order valence-corrected chi connectivity index (χ3v) is 4.43. The van der Waals surface area contributed by atoms with E-state index in [2.05, 4.69) is 15.5 Å². The fourth-order valence-electron chi connectivity index (χ4n) is 2.91. The zero-order valence-electron chi connectivity index (χ0n) is 15.1. The first kappa shape index (κ1) is 19.2. The van der Waals surface area contributed by atoms with Gasteiger partial charge in [0.25, 0.3) is 0 Å². The Morgan fingerprint density at radius 2 is 2.16 bits per heavy atom. The second kappa shape index (κ2) is 8.80. The molecule has 1 aromatic carbocycles. The number of aryl methyl sites for hydroxylation is 1. The number of carbonyl (C=O) groups is 2. The number of benzene rings is 1. The van der Waals surface area contributed by atoms with E-state index in [0.29, 0.717) is 30.8 Å². The van der Waals surface area contributed by atoms with Crippen LogP contribution in [-0.2, 0) is 4.79 Å². The van der Waals surface area contributed by atoms with Gasteiger partial charge in [-0.1, -0.05) is 6.07 Å². The number of urea groups is 1. The quantitative estimate of drug-likeness (QED) is 0.792. The lowest BCUT2D eigenvalue weighted by atomic mass is 10.1. The van der Waals surface area contributed by atoms with E-state index in [1.165, 1.54) is 6.07 Å². The Morgan fingerprint density at radius 3 is 2.84 bits per heavy atom. The Hall–Kier alpha value is -2.15. The molecule has 1 heterocycles. The van der Waals surface area contributed by atoms with Crippen LogP contribution in [0.1, 0.15) is 24.8 Å². The molecule has 2 N–H and O–H groups in total. The largest absolute Gasteiger partial charge is 0.338 e. The molecule has 1 aliphatic heterocycles. The van der Waals surface area contributed by atoms with Gasteiger partial charge in [-0.15, -0.1) is 0 Å². The summed E-state index contributed by atoms with van der Waals surface area (Å²) in [5.74, 6) is -0.162. The second-order valence-electron chi connectivity index (χ2n) is 6.72. The van der Waals surface area contributed by atoms with Crippen molar-refractivity contribution in [2.24, 2.45) is 0 Å². The molecule has 1 fully saturated rings. The number of amides is 3. The van der Waals surface area contributed by atoms with Gasteiger partial charge in [0.05, 0.1) is 0 Å². The summed E-state index contributed by atoms with van der Waals surface area (Å²) >= 11 is 0. The molecule has 0 unspecified atom stereocenters. The number of rotatable bonds is 7. The van der Waals surface area contributed by atoms with E-state index in [0.717, 1.165) is 19.4 Å². The van der Waals surface area contributed by atoms with Crippen molar-refractivity contribution in [3.63, 3.8) is 0 Å². The van der Waals surface area contributed by atoms with Crippen LogP contribution >= 0.6 is 0 Å². The van der Waals surface area contributed by atoms with E-state index in [-0.39, 0.29) is 23.8 Å². The molecule has 0 radical (unpaired) electrons. The normalized spacial score (nSPS) is 17.2. The smallest absolute Gasteiger partial charge is 0.319 e. The van der Waals surface area contributed by atoms with Gasteiger partial charge in [0.1, 0.15) is 5.82 Å². The molecule has 6 nitrogen and oxygen atoms in total. The van der Waals surface area contributed by atoms with Gasteiger partial charge >= 0.3 is 6.03 Å². The second-order valence-corrected chi connectivity index (χ2v) is 6.72. The van der Waals surface area contributed by atoms with Crippen LogP contribution in [-0.4, -0.2) is 61.5 Å². The lowest BCUT2D eigenvalue weighted by Gasteiger charge is -2.26. The summed E-state index contributed by atoms with van der Waals surface area (Å²) < 4.78 is 13.5. The molecule has 0 bridgehead atoms. The number of likely N-dealkylation sites (N-methyl/N-ethyl adjacent to an activating group) is 1. The highest BCUT2D eigenvalue weighted by molar-refractivity contribution is 5.89. The van der Waals surface area contributed by atoms with Crippen molar-refractivity contribution >= 4 is 17.6 Å². The molecule has 25 heavy (non-hydrogen) atoms. The van der Waals surface area contributed by atoms with Crippen LogP contribution in [0.3, 0.4) is 0 Å². The molecule has 0 saturated carbocycles. The highest BCUT2D eigenvalue weighted by Gasteiger charge is 2.30. The molecular formula is C18H27FN4O2. The number of anilines is 1. The third-order valence-electron chi connectivity index (χ3n) is 4.43. The Morgan fingerprint density at radius 1 is 1.40 bits per heavy atom. The average molecular weight is 350 g/mol. The molecule has 3 amide bonds. The van der Waals surface area contributed by atoms with Gasteiger partial charge in [0.2, 0.25) is 5.91 Å². The number of hydrogen-bond donors (Lipinski definition) is 2. The maximum absolute atomic E-state index is 13.5. The summed E-state index contributed by atoms with van der Waals surface area (Å²) in [7, 11) is 3.96. The molecule has 0 spiro atoms. The van der Waals surface area contributed by atoms with Crippen LogP contribution in [0.25, 0.3) is 0 Å². The lowest BCUT2D eigenvalue weighted by Crippen LogP contribution is -2.40. The molecule has 1 aliphatic rings. The zero-order chi connectivity index (χ0) is 18.4. The Labute approximate surface area is 148 Å². The fraction of sp³-hybridized carbons (Fsp3) is 0.556. The SMILES string of the molecule is Cc1ccc(NC(=O)NCC[C@H]2CCC(=O)N2CCN(C)C)cc1F. The van der Waals surface area contributed by atoms with Gasteiger partial charge in [-0.3, -0.25) is 4.79 Å². The van der Waals surface area contributed by atoms with Crippen molar-refractivity contribution in [2.45, 2.75) is 32.2 Å². The number of nitrogens with one attached hydrogen (secondary N) is 2. The first-order valence-electron chi connectivity index (χ1n) is 8.62. The molecule has 7 heteroatoms. The van der Waals surface area contributed by atoms with Crippen molar-refractivity contribution in [1.82, 2.24) is 15.1 Å². The van der Waals surface area contributed by atoms with Gasteiger partial charge in [0, 0.05) is 37.8 Å². The van der Waals surface area contributed by atoms with Crippen LogP contribution in [0.15, 0.2) is 18.2 Å². The van der Waals surface area contributed by atoms with Gasteiger partial charge in [-0.05, 0) is 51.6 Å². The predicted molar refractivity (Wildman–Crippen MR) is 96.1 cm³/mol. The Kier molecular flexibility index (Phi) is 6.75. The van der Waals surface area contributed by atoms with Gasteiger partial charge in [-0.2, -0.15) is 0 Å². The van der Waals surface area contributed by atoms with Gasteiger partial charge in [-0.25, -0.2) is 9.18 Å². The van der Waals surface area contributed by atoms with Crippen LogP contribution in [0.2, 0.25) is 0 Å². The van der Waals surface area contributed by atoms with E-state index in [9.17, 15) is 14.0 Å². The summed E-state index contributed by atoms with van der Waals surface area (Å²) in [6, 6.07) is 4.39. The molecule has 2 rings (SSSR count). The molecule has 0 aliphatic carbocycles. The average Bonchev–Trinajstić information content (AvgIpc) is 2.89. The van der Waals surface area contributed by atoms with E-state index in [1.54, 1.807) is 19.1 Å². The standard InChI is InChI=1S/C18H27FN4O2/c1-13-4-5-14(12-16(13)19)21-18(25)20-9-8-15-6-7-17(24)23(15)11-10-22(2)3/h4-5,12,15H,6-11H2,1-3H3,(H2,20,21,25)/t15-/m1/s1. The highest BCUT2D eigenvalue weighted by atomic mass is 19.1. The summed E-state index contributed by atoms with van der Waals surface area (Å²) in [6.07, 6.45) is 2.13. The zero-order valence-corrected chi connectivity index (χ0v) is 15.1. The lowest BCUT2D eigenvalue weighted by molar-refractivity contribution is -0.129. The maximum atomic E-state index is 13.5. The minimum atomic E-state index is -0.368. The minimum absolute atomic E-state index is 0.171. The third kappa shape index (κ3) is 5.70. The Bertz CT molecular complexity index is 621. The Balaban J connectivity index is 1.76. The number of halogens is 1. The maximum Gasteiger partial charge on any atom is 0.319 e. The van der Waals surface area contributed by atoms with Crippen molar-refractivity contribution in [1.29, 1.82) is 0 Å². The van der Waals surface area contributed by atoms with Crippen molar-refractivity contribution < 1.29 is 14.0 Å². The molecule has 1 saturated heterocycles. The van der Waals surface area contributed by atoms with Crippen molar-refractivity contribution in [3.05, 3.63) is 29.6 Å². The van der Waals surface area contributed by atoms with E-state index in [4.69, 9.17) is 0 Å². The van der Waals surface area contributed by atoms with E-state index in [1.807, 2.05) is 19.0 Å². The molecule has 138 valence electrons. The van der Waals surface area contributed by atoms with Gasteiger partial charge in [0.15, 0.2) is 0 Å². The minimum Gasteiger partial charge on any atom is -0.338 e. The van der Waals surface area contributed by atoms with Crippen molar-refractivity contribution in [2.75, 3.05) is 39.0 Å². The first-order chi connectivity index (χ1) is 11.9. The summed E-state index contributed by atoms with van der Waals surface area (Å²) in [5.41, 5.74) is 0.957. The number of carbonyl (C=O) groups excluding carboxylic acids is 2. The van der Waals surface area contributed by atoms with Crippen LogP contribution in [0, 0.1) is 12.7 Å². The summed E-state index contributed by atoms with van der Waals surface area (Å²) in [4.78, 5) is 27.8. The fourth-order valence-corrected chi connectivity index (χ4v) is 2.91. The first-order valence-corrected chi connectivity index (χ1v) is 8.62. The van der Waals surface area contributed by atoms with Crippen molar-refractivity contribution in [3.8, 4) is 0 Å². The van der Waals surface area contributed by atoms with Crippen LogP contribution < -0.4 is 10.6 Å². The predicted octanol–water partition coefficient (Wildman–Crippen LogP) is 2.20. The highest BCUT2D eigenvalue weighted by Crippen LogP contribution is 2.20. The van der Waals surface area contributed by atoms with Crippen LogP contribution in [0.5, 0.6) is 0 Å². The molecular weight excluding hydrogens is 323 g/mol. The van der Waals surface area contributed by atoms with Crippen LogP contribution in [0.4, 0.5) is 14.9 Å². The molecule has 1 aromatic rings. The molecule has 1 atom stereocenters.